The fourth-order valence-electron chi connectivity index (χ4n) is 5.03. The molecule has 2 aliphatic rings. The van der Waals surface area contributed by atoms with E-state index >= 15 is 4.39 Å². The van der Waals surface area contributed by atoms with Gasteiger partial charge in [-0.05, 0) is 94.9 Å². The molecule has 4 rings (SSSR count). The maximum atomic E-state index is 15.1. The number of anilines is 1. The second kappa shape index (κ2) is 11.6. The summed E-state index contributed by atoms with van der Waals surface area (Å²) in [5, 5.41) is 11.6. The number of carbonyl (C=O) groups excluding carboxylic acids is 3. The lowest BCUT2D eigenvalue weighted by molar-refractivity contribution is -0.158. The molecule has 0 unspecified atom stereocenters. The number of nitrogens with zero attached hydrogens (tertiary/aromatic N) is 2. The van der Waals surface area contributed by atoms with Gasteiger partial charge in [-0.3, -0.25) is 19.1 Å². The van der Waals surface area contributed by atoms with E-state index in [1.807, 2.05) is 19.2 Å². The number of halogens is 4. The van der Waals surface area contributed by atoms with Crippen LogP contribution in [0.15, 0.2) is 30.5 Å². The third-order valence-electron chi connectivity index (χ3n) is 7.67. The molecule has 218 valence electrons. The maximum Gasteiger partial charge on any atom is 0.408 e. The van der Waals surface area contributed by atoms with Gasteiger partial charge in [-0.15, -0.1) is 0 Å². The zero-order valence-electron chi connectivity index (χ0n) is 22.9. The SMILES string of the molecule is CC(C)n1nccc1C(=O)N[C@H](C(=O)Nc1ccc([C@H](C)C(=O)N[C@@H](C)C(F)(F)F)cc1F)C(C1CC1)C1CC1. The normalized spacial score (nSPS) is 17.9. The minimum Gasteiger partial charge on any atom is -0.344 e. The zero-order valence-corrected chi connectivity index (χ0v) is 22.9. The van der Waals surface area contributed by atoms with E-state index in [0.29, 0.717) is 17.5 Å². The number of hydrogen-bond donors (Lipinski definition) is 3. The molecular weight excluding hydrogens is 530 g/mol. The average Bonchev–Trinajstić information content (AvgIpc) is 3.82. The lowest BCUT2D eigenvalue weighted by Gasteiger charge is -2.28. The van der Waals surface area contributed by atoms with Crippen LogP contribution in [-0.4, -0.2) is 45.8 Å². The van der Waals surface area contributed by atoms with Gasteiger partial charge in [-0.2, -0.15) is 18.3 Å². The third kappa shape index (κ3) is 6.82. The van der Waals surface area contributed by atoms with Gasteiger partial charge >= 0.3 is 6.18 Å². The summed E-state index contributed by atoms with van der Waals surface area (Å²) in [4.78, 5) is 39.1. The largest absolute Gasteiger partial charge is 0.408 e. The van der Waals surface area contributed by atoms with Crippen molar-refractivity contribution in [1.82, 2.24) is 20.4 Å². The minimum absolute atomic E-state index is 0.0700. The van der Waals surface area contributed by atoms with Crippen LogP contribution in [0.3, 0.4) is 0 Å². The summed E-state index contributed by atoms with van der Waals surface area (Å²) < 4.78 is 55.1. The van der Waals surface area contributed by atoms with Crippen LogP contribution >= 0.6 is 0 Å². The van der Waals surface area contributed by atoms with Crippen molar-refractivity contribution in [3.63, 3.8) is 0 Å². The third-order valence-corrected chi connectivity index (χ3v) is 7.67. The molecule has 1 aromatic carbocycles. The van der Waals surface area contributed by atoms with Crippen LogP contribution in [0, 0.1) is 23.6 Å². The van der Waals surface area contributed by atoms with Crippen LogP contribution in [0.4, 0.5) is 23.2 Å². The van der Waals surface area contributed by atoms with Crippen LogP contribution in [0.25, 0.3) is 0 Å². The molecule has 1 heterocycles. The van der Waals surface area contributed by atoms with Crippen molar-refractivity contribution in [2.45, 2.75) is 83.6 Å². The number of nitrogens with one attached hydrogen (secondary N) is 3. The Morgan fingerprint density at radius 1 is 0.950 bits per heavy atom. The van der Waals surface area contributed by atoms with Crippen molar-refractivity contribution in [2.24, 2.45) is 17.8 Å². The highest BCUT2D eigenvalue weighted by molar-refractivity contribution is 6.01. The lowest BCUT2D eigenvalue weighted by atomic mass is 9.88. The number of amides is 3. The summed E-state index contributed by atoms with van der Waals surface area (Å²) in [7, 11) is 0. The molecule has 0 radical (unpaired) electrons. The molecule has 0 saturated heterocycles. The molecule has 0 aliphatic heterocycles. The standard InChI is InChI=1S/C28H35F4N5O3/c1-14(2)37-22(11-12-33-37)26(39)36-24(23(17-5-6-17)18-7-8-18)27(40)35-21-10-9-19(13-20(21)29)15(3)25(38)34-16(4)28(30,31)32/h9-18,23-24H,5-8H2,1-4H3,(H,34,38)(H,35,40)(H,36,39)/t15-,16-,24-/m0/s1. The van der Waals surface area contributed by atoms with Crippen LogP contribution in [-0.2, 0) is 9.59 Å². The first-order valence-electron chi connectivity index (χ1n) is 13.6. The highest BCUT2D eigenvalue weighted by atomic mass is 19.4. The van der Waals surface area contributed by atoms with Crippen molar-refractivity contribution >= 4 is 23.4 Å². The molecular formula is C28H35F4N5O3. The first-order chi connectivity index (χ1) is 18.8. The molecule has 8 nitrogen and oxygen atoms in total. The highest BCUT2D eigenvalue weighted by Gasteiger charge is 2.48. The van der Waals surface area contributed by atoms with Gasteiger partial charge < -0.3 is 16.0 Å². The Hall–Kier alpha value is -3.44. The van der Waals surface area contributed by atoms with Crippen molar-refractivity contribution in [2.75, 3.05) is 5.32 Å². The van der Waals surface area contributed by atoms with Crippen molar-refractivity contribution < 1.29 is 31.9 Å². The van der Waals surface area contributed by atoms with E-state index < -0.39 is 47.7 Å². The Labute approximate surface area is 230 Å². The first kappa shape index (κ1) is 29.5. The summed E-state index contributed by atoms with van der Waals surface area (Å²) in [6.07, 6.45) is 0.752. The van der Waals surface area contributed by atoms with E-state index in [9.17, 15) is 27.6 Å². The molecule has 2 aromatic rings. The topological polar surface area (TPSA) is 105 Å². The van der Waals surface area contributed by atoms with E-state index in [2.05, 4.69) is 15.7 Å². The monoisotopic (exact) mass is 565 g/mol. The highest BCUT2D eigenvalue weighted by Crippen LogP contribution is 2.51. The molecule has 0 bridgehead atoms. The van der Waals surface area contributed by atoms with Crippen LogP contribution in [0.5, 0.6) is 0 Å². The fraction of sp³-hybridized carbons (Fsp3) is 0.571. The molecule has 2 saturated carbocycles. The van der Waals surface area contributed by atoms with E-state index in [-0.39, 0.29) is 23.2 Å². The number of benzene rings is 1. The van der Waals surface area contributed by atoms with Crippen LogP contribution in [0.1, 0.15) is 81.4 Å². The number of alkyl halides is 3. The maximum absolute atomic E-state index is 15.1. The average molecular weight is 566 g/mol. The second-order valence-corrected chi connectivity index (χ2v) is 11.2. The molecule has 1 aromatic heterocycles. The quantitative estimate of drug-likeness (QED) is 0.336. The van der Waals surface area contributed by atoms with Gasteiger partial charge in [0, 0.05) is 12.2 Å². The molecule has 40 heavy (non-hydrogen) atoms. The molecule has 0 spiro atoms. The molecule has 3 N–H and O–H groups in total. The van der Waals surface area contributed by atoms with Gasteiger partial charge in [-0.25, -0.2) is 4.39 Å². The summed E-state index contributed by atoms with van der Waals surface area (Å²) in [5.74, 6) is -3.29. The van der Waals surface area contributed by atoms with Gasteiger partial charge in [0.05, 0.1) is 11.6 Å². The smallest absolute Gasteiger partial charge is 0.344 e. The Morgan fingerprint density at radius 2 is 1.57 bits per heavy atom. The Balaban J connectivity index is 1.50. The van der Waals surface area contributed by atoms with Crippen LogP contribution < -0.4 is 16.0 Å². The second-order valence-electron chi connectivity index (χ2n) is 11.2. The van der Waals surface area contributed by atoms with Crippen LogP contribution in [0.2, 0.25) is 0 Å². The molecule has 2 fully saturated rings. The predicted molar refractivity (Wildman–Crippen MR) is 140 cm³/mol. The summed E-state index contributed by atoms with van der Waals surface area (Å²) in [6.45, 7) is 5.97. The number of aromatic nitrogens is 2. The first-order valence-corrected chi connectivity index (χ1v) is 13.6. The van der Waals surface area contributed by atoms with E-state index in [1.54, 1.807) is 10.7 Å². The van der Waals surface area contributed by atoms with Crippen molar-refractivity contribution in [3.8, 4) is 0 Å². The predicted octanol–water partition coefficient (Wildman–Crippen LogP) is 4.95. The van der Waals surface area contributed by atoms with Gasteiger partial charge in [-0.1, -0.05) is 6.07 Å². The minimum atomic E-state index is -4.60. The Bertz CT molecular complexity index is 1240. The van der Waals surface area contributed by atoms with E-state index in [4.69, 9.17) is 0 Å². The molecule has 3 amide bonds. The van der Waals surface area contributed by atoms with Crippen molar-refractivity contribution in [1.29, 1.82) is 0 Å². The Morgan fingerprint density at radius 3 is 2.10 bits per heavy atom. The summed E-state index contributed by atoms with van der Waals surface area (Å²) in [6, 6.07) is 2.24. The fourth-order valence-corrected chi connectivity index (χ4v) is 5.03. The summed E-state index contributed by atoms with van der Waals surface area (Å²) in [5.41, 5.74) is 0.325. The zero-order chi connectivity index (χ0) is 29.4. The lowest BCUT2D eigenvalue weighted by Crippen LogP contribution is -2.50. The summed E-state index contributed by atoms with van der Waals surface area (Å²) >= 11 is 0. The van der Waals surface area contributed by atoms with Gasteiger partial charge in [0.1, 0.15) is 23.6 Å². The van der Waals surface area contributed by atoms with Crippen molar-refractivity contribution in [3.05, 3.63) is 47.5 Å². The number of rotatable bonds is 11. The van der Waals surface area contributed by atoms with Gasteiger partial charge in [0.25, 0.3) is 5.91 Å². The Kier molecular flexibility index (Phi) is 8.55. The molecule has 2 aliphatic carbocycles. The van der Waals surface area contributed by atoms with Gasteiger partial charge in [0.2, 0.25) is 11.8 Å². The molecule has 3 atom stereocenters. The van der Waals surface area contributed by atoms with E-state index in [1.165, 1.54) is 25.3 Å². The van der Waals surface area contributed by atoms with Gasteiger partial charge in [0.15, 0.2) is 0 Å². The number of carbonyl (C=O) groups is 3. The van der Waals surface area contributed by atoms with E-state index in [0.717, 1.165) is 38.7 Å². The number of hydrogen-bond acceptors (Lipinski definition) is 4. The molecule has 12 heteroatoms.